The summed E-state index contributed by atoms with van der Waals surface area (Å²) in [7, 11) is 0. The molecule has 96 valence electrons. The highest BCUT2D eigenvalue weighted by atomic mass is 35.5. The predicted molar refractivity (Wildman–Crippen MR) is 70.4 cm³/mol. The lowest BCUT2D eigenvalue weighted by Crippen LogP contribution is -2.47. The number of aliphatic hydroxyl groups excluding tert-OH is 1. The predicted octanol–water partition coefficient (Wildman–Crippen LogP) is 2.69. The smallest absolute Gasteiger partial charge is 0.120 e. The Bertz CT molecular complexity index is 356. The van der Waals surface area contributed by atoms with E-state index in [2.05, 4.69) is 5.32 Å². The zero-order chi connectivity index (χ0) is 12.9. The van der Waals surface area contributed by atoms with Gasteiger partial charge in [0.25, 0.3) is 0 Å². The molecule has 0 fully saturated rings. The molecule has 0 aliphatic carbocycles. The van der Waals surface area contributed by atoms with Gasteiger partial charge in [-0.3, -0.25) is 0 Å². The molecule has 4 heteroatoms. The lowest BCUT2D eigenvalue weighted by Gasteiger charge is -2.31. The molecule has 0 heterocycles. The van der Waals surface area contributed by atoms with Gasteiger partial charge in [-0.05, 0) is 31.0 Å². The second-order valence-electron chi connectivity index (χ2n) is 4.27. The minimum absolute atomic E-state index is 0.0847. The highest BCUT2D eigenvalue weighted by molar-refractivity contribution is 6.30. The van der Waals surface area contributed by atoms with Crippen LogP contribution >= 0.6 is 11.6 Å². The van der Waals surface area contributed by atoms with Gasteiger partial charge >= 0.3 is 0 Å². The Balaban J connectivity index is 2.75. The molecule has 0 radical (unpaired) electrons. The van der Waals surface area contributed by atoms with E-state index >= 15 is 0 Å². The molecule has 1 rings (SSSR count). The standard InChI is InChI=1S/C13H20ClNO2/c1-3-13(4-2,9-16)15-8-10-7-11(14)5-6-12(10)17/h5-7,15-17H,3-4,8-9H2,1-2H3. The lowest BCUT2D eigenvalue weighted by atomic mass is 9.93. The molecule has 0 amide bonds. The van der Waals surface area contributed by atoms with Crippen LogP contribution in [0.5, 0.6) is 5.75 Å². The number of nitrogens with one attached hydrogen (secondary N) is 1. The van der Waals surface area contributed by atoms with E-state index in [0.29, 0.717) is 11.6 Å². The highest BCUT2D eigenvalue weighted by Gasteiger charge is 2.24. The molecule has 0 saturated heterocycles. The summed E-state index contributed by atoms with van der Waals surface area (Å²) >= 11 is 5.88. The third kappa shape index (κ3) is 3.60. The van der Waals surface area contributed by atoms with Crippen LogP contribution in [0.3, 0.4) is 0 Å². The van der Waals surface area contributed by atoms with E-state index in [1.807, 2.05) is 13.8 Å². The Morgan fingerprint density at radius 3 is 2.47 bits per heavy atom. The summed E-state index contributed by atoms with van der Waals surface area (Å²) in [5, 5.41) is 23.0. The highest BCUT2D eigenvalue weighted by Crippen LogP contribution is 2.23. The number of benzene rings is 1. The second-order valence-corrected chi connectivity index (χ2v) is 4.71. The summed E-state index contributed by atoms with van der Waals surface area (Å²) < 4.78 is 0. The van der Waals surface area contributed by atoms with Gasteiger partial charge in [-0.1, -0.05) is 25.4 Å². The quantitative estimate of drug-likeness (QED) is 0.735. The number of aromatic hydroxyl groups is 1. The zero-order valence-corrected chi connectivity index (χ0v) is 11.1. The van der Waals surface area contributed by atoms with Crippen LogP contribution in [0.2, 0.25) is 5.02 Å². The SMILES string of the molecule is CCC(CC)(CO)NCc1cc(Cl)ccc1O. The minimum Gasteiger partial charge on any atom is -0.508 e. The monoisotopic (exact) mass is 257 g/mol. The molecule has 3 nitrogen and oxygen atoms in total. The van der Waals surface area contributed by atoms with Crippen LogP contribution in [0.1, 0.15) is 32.3 Å². The maximum atomic E-state index is 9.69. The third-order valence-corrected chi connectivity index (χ3v) is 3.59. The van der Waals surface area contributed by atoms with Gasteiger partial charge < -0.3 is 15.5 Å². The fourth-order valence-corrected chi connectivity index (χ4v) is 1.95. The zero-order valence-electron chi connectivity index (χ0n) is 10.3. The van der Waals surface area contributed by atoms with E-state index in [9.17, 15) is 10.2 Å². The van der Waals surface area contributed by atoms with Crippen LogP contribution < -0.4 is 5.32 Å². The molecule has 0 spiro atoms. The van der Waals surface area contributed by atoms with Crippen molar-refractivity contribution < 1.29 is 10.2 Å². The number of hydrogen-bond donors (Lipinski definition) is 3. The molecular weight excluding hydrogens is 238 g/mol. The number of halogens is 1. The maximum absolute atomic E-state index is 9.69. The Morgan fingerprint density at radius 1 is 1.29 bits per heavy atom. The molecule has 0 bridgehead atoms. The topological polar surface area (TPSA) is 52.5 Å². The number of hydrogen-bond acceptors (Lipinski definition) is 3. The summed E-state index contributed by atoms with van der Waals surface area (Å²) in [6.45, 7) is 4.64. The maximum Gasteiger partial charge on any atom is 0.120 e. The van der Waals surface area contributed by atoms with E-state index in [0.717, 1.165) is 18.4 Å². The van der Waals surface area contributed by atoms with E-state index in [1.54, 1.807) is 18.2 Å². The largest absolute Gasteiger partial charge is 0.508 e. The fraction of sp³-hybridized carbons (Fsp3) is 0.538. The van der Waals surface area contributed by atoms with Crippen molar-refractivity contribution in [2.45, 2.75) is 38.8 Å². The van der Waals surface area contributed by atoms with Gasteiger partial charge in [-0.25, -0.2) is 0 Å². The molecule has 0 aliphatic heterocycles. The van der Waals surface area contributed by atoms with Crippen LogP contribution in [-0.4, -0.2) is 22.4 Å². The van der Waals surface area contributed by atoms with Gasteiger partial charge in [0.15, 0.2) is 0 Å². The van der Waals surface area contributed by atoms with Gasteiger partial charge in [0.2, 0.25) is 0 Å². The lowest BCUT2D eigenvalue weighted by molar-refractivity contribution is 0.149. The van der Waals surface area contributed by atoms with Gasteiger partial charge in [0, 0.05) is 22.7 Å². The summed E-state index contributed by atoms with van der Waals surface area (Å²) in [6.07, 6.45) is 1.67. The first-order valence-electron chi connectivity index (χ1n) is 5.90. The van der Waals surface area contributed by atoms with Crippen LogP contribution in [0.15, 0.2) is 18.2 Å². The molecule has 3 N–H and O–H groups in total. The van der Waals surface area contributed by atoms with Gasteiger partial charge in [-0.15, -0.1) is 0 Å². The molecular formula is C13H20ClNO2. The summed E-state index contributed by atoms with van der Waals surface area (Å²) in [6, 6.07) is 4.97. The van der Waals surface area contributed by atoms with Gasteiger partial charge in [-0.2, -0.15) is 0 Å². The number of phenols is 1. The average molecular weight is 258 g/mol. The van der Waals surface area contributed by atoms with Crippen LogP contribution in [-0.2, 0) is 6.54 Å². The Kier molecular flexibility index (Phi) is 5.25. The summed E-state index contributed by atoms with van der Waals surface area (Å²) in [5.41, 5.74) is 0.464. The number of rotatable bonds is 6. The normalized spacial score (nSPS) is 11.8. The molecule has 1 aromatic carbocycles. The van der Waals surface area contributed by atoms with Crippen molar-refractivity contribution in [2.75, 3.05) is 6.61 Å². The molecule has 0 aromatic heterocycles. The molecule has 0 saturated carbocycles. The van der Waals surface area contributed by atoms with Crippen molar-refractivity contribution in [3.63, 3.8) is 0 Å². The first-order valence-corrected chi connectivity index (χ1v) is 6.28. The van der Waals surface area contributed by atoms with Crippen molar-refractivity contribution in [1.29, 1.82) is 0 Å². The first-order chi connectivity index (χ1) is 8.06. The summed E-state index contributed by atoms with van der Waals surface area (Å²) in [5.74, 6) is 0.223. The van der Waals surface area contributed by atoms with Crippen LogP contribution in [0, 0.1) is 0 Å². The van der Waals surface area contributed by atoms with Crippen LogP contribution in [0.25, 0.3) is 0 Å². The third-order valence-electron chi connectivity index (χ3n) is 3.35. The van der Waals surface area contributed by atoms with E-state index in [4.69, 9.17) is 11.6 Å². The van der Waals surface area contributed by atoms with Gasteiger partial charge in [0.05, 0.1) is 6.61 Å². The fourth-order valence-electron chi connectivity index (χ4n) is 1.76. The van der Waals surface area contributed by atoms with Gasteiger partial charge in [0.1, 0.15) is 5.75 Å². The molecule has 0 unspecified atom stereocenters. The van der Waals surface area contributed by atoms with E-state index in [-0.39, 0.29) is 17.9 Å². The first kappa shape index (κ1) is 14.3. The van der Waals surface area contributed by atoms with Crippen molar-refractivity contribution in [2.24, 2.45) is 0 Å². The van der Waals surface area contributed by atoms with E-state index < -0.39 is 0 Å². The van der Waals surface area contributed by atoms with E-state index in [1.165, 1.54) is 0 Å². The average Bonchev–Trinajstić information content (AvgIpc) is 2.35. The van der Waals surface area contributed by atoms with Crippen LogP contribution in [0.4, 0.5) is 0 Å². The van der Waals surface area contributed by atoms with Crippen molar-refractivity contribution >= 4 is 11.6 Å². The molecule has 0 atom stereocenters. The summed E-state index contributed by atoms with van der Waals surface area (Å²) in [4.78, 5) is 0. The number of aliphatic hydroxyl groups is 1. The molecule has 17 heavy (non-hydrogen) atoms. The second kappa shape index (κ2) is 6.24. The number of phenolic OH excluding ortho intramolecular Hbond substituents is 1. The van der Waals surface area contributed by atoms with Crippen molar-refractivity contribution in [3.8, 4) is 5.75 Å². The van der Waals surface area contributed by atoms with Crippen molar-refractivity contribution in [1.82, 2.24) is 5.32 Å². The molecule has 0 aliphatic rings. The Labute approximate surface area is 107 Å². The minimum atomic E-state index is -0.283. The Hall–Kier alpha value is -0.770. The Morgan fingerprint density at radius 2 is 1.94 bits per heavy atom. The molecule has 1 aromatic rings. The van der Waals surface area contributed by atoms with Crippen molar-refractivity contribution in [3.05, 3.63) is 28.8 Å².